The number of likely N-dealkylation sites (N-methyl/N-ethyl adjacent to an activating group) is 1. The normalized spacial score (nSPS) is 16.0. The van der Waals surface area contributed by atoms with Crippen LogP contribution in [0.3, 0.4) is 0 Å². The van der Waals surface area contributed by atoms with Crippen LogP contribution in [-0.4, -0.2) is 30.8 Å². The van der Waals surface area contributed by atoms with E-state index in [0.29, 0.717) is 11.1 Å². The van der Waals surface area contributed by atoms with E-state index in [1.165, 1.54) is 55.3 Å². The molecule has 4 rings (SSSR count). The van der Waals surface area contributed by atoms with Gasteiger partial charge < -0.3 is 14.7 Å². The predicted molar refractivity (Wildman–Crippen MR) is 125 cm³/mol. The quantitative estimate of drug-likeness (QED) is 0.435. The zero-order valence-corrected chi connectivity index (χ0v) is 19.8. The van der Waals surface area contributed by atoms with E-state index in [4.69, 9.17) is 21.6 Å². The van der Waals surface area contributed by atoms with Gasteiger partial charge in [-0.25, -0.2) is 4.39 Å². The third-order valence-corrected chi connectivity index (χ3v) is 6.76. The van der Waals surface area contributed by atoms with Crippen molar-refractivity contribution in [3.63, 3.8) is 0 Å². The second-order valence-corrected chi connectivity index (χ2v) is 8.86. The Bertz CT molecular complexity index is 1400. The molecule has 186 valence electrons. The number of nitrogens with zero attached hydrogens (tertiary/aromatic N) is 2. The minimum absolute atomic E-state index is 0.0151. The van der Waals surface area contributed by atoms with Crippen LogP contribution in [0, 0.1) is 17.1 Å². The summed E-state index contributed by atoms with van der Waals surface area (Å²) in [6, 6.07) is 13.3. The fourth-order valence-corrected chi connectivity index (χ4v) is 4.59. The maximum atomic E-state index is 14.5. The minimum Gasteiger partial charge on any atom is -0.482 e. The molecule has 1 aliphatic heterocycles. The summed E-state index contributed by atoms with van der Waals surface area (Å²) in [5.74, 6) is -2.49. The van der Waals surface area contributed by atoms with Gasteiger partial charge in [0.1, 0.15) is 17.6 Å². The number of hydrogen-bond acceptors (Lipinski definition) is 4. The van der Waals surface area contributed by atoms with Crippen LogP contribution in [0.15, 0.2) is 54.6 Å². The van der Waals surface area contributed by atoms with Crippen LogP contribution in [0.25, 0.3) is 11.1 Å². The number of amides is 1. The molecule has 0 fully saturated rings. The first-order valence-corrected chi connectivity index (χ1v) is 11.1. The Morgan fingerprint density at radius 2 is 1.78 bits per heavy atom. The van der Waals surface area contributed by atoms with Gasteiger partial charge in [0, 0.05) is 18.0 Å². The van der Waals surface area contributed by atoms with Gasteiger partial charge in [0.25, 0.3) is 5.91 Å². The topological polar surface area (TPSA) is 73.6 Å². The highest BCUT2D eigenvalue weighted by Crippen LogP contribution is 2.51. The molecule has 5 nitrogen and oxygen atoms in total. The second kappa shape index (κ2) is 9.12. The van der Waals surface area contributed by atoms with Crippen molar-refractivity contribution >= 4 is 23.2 Å². The lowest BCUT2D eigenvalue weighted by Crippen LogP contribution is -2.47. The summed E-state index contributed by atoms with van der Waals surface area (Å²) in [4.78, 5) is 13.2. The zero-order valence-electron chi connectivity index (χ0n) is 19.0. The van der Waals surface area contributed by atoms with Crippen molar-refractivity contribution < 1.29 is 32.2 Å². The number of rotatable bonds is 4. The molecule has 0 saturated carbocycles. The van der Waals surface area contributed by atoms with Crippen LogP contribution in [0.1, 0.15) is 29.5 Å². The van der Waals surface area contributed by atoms with Crippen LogP contribution >= 0.6 is 11.6 Å². The Morgan fingerprint density at radius 3 is 2.42 bits per heavy atom. The smallest absolute Gasteiger partial charge is 0.422 e. The number of nitriles is 1. The largest absolute Gasteiger partial charge is 0.482 e. The van der Waals surface area contributed by atoms with E-state index in [9.17, 15) is 27.5 Å². The fraction of sp³-hybridized carbons (Fsp3) is 0.231. The highest BCUT2D eigenvalue weighted by atomic mass is 35.5. The zero-order chi connectivity index (χ0) is 26.4. The molecule has 10 heteroatoms. The third kappa shape index (κ3) is 4.16. The molecular formula is C26H19ClF4N2O3. The van der Waals surface area contributed by atoms with Gasteiger partial charge in [0.2, 0.25) is 0 Å². The lowest BCUT2D eigenvalue weighted by Gasteiger charge is -2.38. The SMILES string of the molecule is CC(c1ccc(-c2ccc(F)c(C#N)c2)cc1Cl)C(O)(c1ccc2c(c1)N(C)C(=O)CO2)C(F)(F)F. The predicted octanol–water partition coefficient (Wildman–Crippen LogP) is 5.93. The summed E-state index contributed by atoms with van der Waals surface area (Å²) in [6.45, 7) is 0.958. The first-order chi connectivity index (χ1) is 16.9. The average Bonchev–Trinajstić information content (AvgIpc) is 2.84. The molecule has 2 atom stereocenters. The van der Waals surface area contributed by atoms with Gasteiger partial charge in [0.05, 0.1) is 11.3 Å². The summed E-state index contributed by atoms with van der Waals surface area (Å²) >= 11 is 6.39. The van der Waals surface area contributed by atoms with Crippen LogP contribution < -0.4 is 9.64 Å². The van der Waals surface area contributed by atoms with Crippen molar-refractivity contribution in [2.45, 2.75) is 24.6 Å². The van der Waals surface area contributed by atoms with Crippen LogP contribution in [-0.2, 0) is 10.4 Å². The number of alkyl halides is 3. The number of carbonyl (C=O) groups excluding carboxylic acids is 1. The number of ether oxygens (including phenoxy) is 1. The first kappa shape index (κ1) is 25.5. The Labute approximate surface area is 209 Å². The minimum atomic E-state index is -5.11. The molecule has 0 radical (unpaired) electrons. The number of aliphatic hydroxyl groups is 1. The maximum absolute atomic E-state index is 14.5. The number of anilines is 1. The lowest BCUT2D eigenvalue weighted by molar-refractivity contribution is -0.274. The van der Waals surface area contributed by atoms with E-state index in [0.717, 1.165) is 18.2 Å². The van der Waals surface area contributed by atoms with E-state index in [1.54, 1.807) is 6.07 Å². The molecular weight excluding hydrogens is 500 g/mol. The molecule has 2 unspecified atom stereocenters. The molecule has 3 aromatic carbocycles. The highest BCUT2D eigenvalue weighted by molar-refractivity contribution is 6.31. The fourth-order valence-electron chi connectivity index (χ4n) is 4.24. The Morgan fingerprint density at radius 1 is 1.11 bits per heavy atom. The molecule has 36 heavy (non-hydrogen) atoms. The second-order valence-electron chi connectivity index (χ2n) is 8.45. The molecule has 0 spiro atoms. The molecule has 0 aromatic heterocycles. The molecule has 1 heterocycles. The standard InChI is InChI=1S/C26H19ClF4N2O3/c1-14(19-6-3-16(10-20(19)27)15-4-7-21(28)17(9-15)12-32)25(35,26(29,30)31)18-5-8-23-22(11-18)33(2)24(34)13-36-23/h3-11,14,35H,13H2,1-2H3. The van der Waals surface area contributed by atoms with E-state index >= 15 is 0 Å². The Kier molecular flexibility index (Phi) is 6.45. The number of benzene rings is 3. The average molecular weight is 519 g/mol. The maximum Gasteiger partial charge on any atom is 0.422 e. The number of hydrogen-bond donors (Lipinski definition) is 1. The van der Waals surface area contributed by atoms with Gasteiger partial charge in [-0.3, -0.25) is 4.79 Å². The number of fused-ring (bicyclic) bond motifs is 1. The van der Waals surface area contributed by atoms with Gasteiger partial charge in [-0.2, -0.15) is 18.4 Å². The first-order valence-electron chi connectivity index (χ1n) is 10.7. The van der Waals surface area contributed by atoms with Crippen LogP contribution in [0.4, 0.5) is 23.2 Å². The van der Waals surface area contributed by atoms with E-state index < -0.39 is 35.0 Å². The van der Waals surface area contributed by atoms with E-state index in [2.05, 4.69) is 0 Å². The summed E-state index contributed by atoms with van der Waals surface area (Å²) in [7, 11) is 1.41. The molecule has 1 N–H and O–H groups in total. The highest BCUT2D eigenvalue weighted by Gasteiger charge is 2.59. The summed E-state index contributed by atoms with van der Waals surface area (Å²) in [6.07, 6.45) is -5.11. The molecule has 1 aliphatic rings. The lowest BCUT2D eigenvalue weighted by atomic mass is 9.77. The van der Waals surface area contributed by atoms with Gasteiger partial charge in [0.15, 0.2) is 12.2 Å². The van der Waals surface area contributed by atoms with Gasteiger partial charge >= 0.3 is 6.18 Å². The Balaban J connectivity index is 1.78. The molecule has 1 amide bonds. The van der Waals surface area contributed by atoms with Crippen molar-refractivity contribution in [1.29, 1.82) is 5.26 Å². The molecule has 0 saturated heterocycles. The summed E-state index contributed by atoms with van der Waals surface area (Å²) in [5, 5.41) is 20.2. The van der Waals surface area contributed by atoms with Gasteiger partial charge in [-0.15, -0.1) is 0 Å². The van der Waals surface area contributed by atoms with Crippen molar-refractivity contribution in [2.24, 2.45) is 0 Å². The van der Waals surface area contributed by atoms with E-state index in [-0.39, 0.29) is 34.2 Å². The Hall–Kier alpha value is -3.61. The summed E-state index contributed by atoms with van der Waals surface area (Å²) < 4.78 is 62.3. The summed E-state index contributed by atoms with van der Waals surface area (Å²) in [5.41, 5.74) is -3.02. The van der Waals surface area contributed by atoms with Gasteiger partial charge in [-0.05, 0) is 52.6 Å². The molecule has 0 bridgehead atoms. The van der Waals surface area contributed by atoms with Crippen molar-refractivity contribution in [3.8, 4) is 22.9 Å². The van der Waals surface area contributed by atoms with Crippen LogP contribution in [0.2, 0.25) is 5.02 Å². The van der Waals surface area contributed by atoms with E-state index in [1.807, 2.05) is 0 Å². The number of halogens is 5. The number of carbonyl (C=O) groups is 1. The van der Waals surface area contributed by atoms with Crippen molar-refractivity contribution in [1.82, 2.24) is 0 Å². The molecule has 0 aliphatic carbocycles. The molecule has 3 aromatic rings. The van der Waals surface area contributed by atoms with Gasteiger partial charge in [-0.1, -0.05) is 42.8 Å². The van der Waals surface area contributed by atoms with Crippen molar-refractivity contribution in [3.05, 3.63) is 82.1 Å². The van der Waals surface area contributed by atoms with Crippen LogP contribution in [0.5, 0.6) is 5.75 Å². The monoisotopic (exact) mass is 518 g/mol. The van der Waals surface area contributed by atoms with Crippen molar-refractivity contribution in [2.75, 3.05) is 18.6 Å². The third-order valence-electron chi connectivity index (χ3n) is 6.43.